The number of thiophene rings is 1. The number of amides is 1. The summed E-state index contributed by atoms with van der Waals surface area (Å²) >= 11 is 1.61. The Morgan fingerprint density at radius 3 is 2.86 bits per heavy atom. The maximum atomic E-state index is 11.2. The second kappa shape index (κ2) is 7.96. The van der Waals surface area contributed by atoms with E-state index >= 15 is 0 Å². The molecule has 2 aromatic heterocycles. The predicted octanol–water partition coefficient (Wildman–Crippen LogP) is 3.57. The summed E-state index contributed by atoms with van der Waals surface area (Å²) in [5.41, 5.74) is 7.26. The number of nitrogens with zero attached hydrogens (tertiary/aromatic N) is 2. The maximum absolute atomic E-state index is 11.2. The molecule has 0 atom stereocenters. The normalized spacial score (nSPS) is 21.8. The quantitative estimate of drug-likeness (QED) is 0.493. The first-order chi connectivity index (χ1) is 13.9. The molecule has 8 heteroatoms. The Morgan fingerprint density at radius 2 is 2.10 bits per heavy atom. The van der Waals surface area contributed by atoms with Crippen molar-refractivity contribution in [3.05, 3.63) is 41.3 Å². The van der Waals surface area contributed by atoms with Crippen molar-refractivity contribution >= 4 is 44.9 Å². The number of primary amides is 1. The van der Waals surface area contributed by atoms with E-state index < -0.39 is 5.60 Å². The van der Waals surface area contributed by atoms with E-state index in [-0.39, 0.29) is 18.4 Å². The van der Waals surface area contributed by atoms with Crippen molar-refractivity contribution in [1.29, 1.82) is 0 Å². The van der Waals surface area contributed by atoms with E-state index in [0.717, 1.165) is 53.0 Å². The zero-order valence-electron chi connectivity index (χ0n) is 16.3. The fraction of sp³-hybridized carbons (Fsp3) is 0.381. The molecule has 1 amide bonds. The lowest BCUT2D eigenvalue weighted by Crippen LogP contribution is -2.35. The second-order valence-corrected chi connectivity index (χ2v) is 8.83. The number of hydrogen-bond acceptors (Lipinski definition) is 7. The molecular formula is C21H25N5O2S. The van der Waals surface area contributed by atoms with E-state index in [4.69, 9.17) is 10.7 Å². The van der Waals surface area contributed by atoms with Gasteiger partial charge < -0.3 is 21.5 Å². The van der Waals surface area contributed by atoms with Gasteiger partial charge in [-0.1, -0.05) is 12.1 Å². The molecule has 1 aliphatic carbocycles. The molecule has 0 aliphatic heterocycles. The van der Waals surface area contributed by atoms with Gasteiger partial charge in [0, 0.05) is 11.7 Å². The molecule has 2 heterocycles. The van der Waals surface area contributed by atoms with Gasteiger partial charge in [-0.3, -0.25) is 4.79 Å². The van der Waals surface area contributed by atoms with Gasteiger partial charge in [0.1, 0.15) is 5.82 Å². The first-order valence-corrected chi connectivity index (χ1v) is 10.6. The van der Waals surface area contributed by atoms with E-state index in [0.29, 0.717) is 5.95 Å². The third kappa shape index (κ3) is 4.83. The summed E-state index contributed by atoms with van der Waals surface area (Å²) in [6.07, 6.45) is 3.56. The van der Waals surface area contributed by atoms with E-state index in [9.17, 15) is 9.90 Å². The van der Waals surface area contributed by atoms with Gasteiger partial charge in [0.15, 0.2) is 0 Å². The summed E-state index contributed by atoms with van der Waals surface area (Å²) < 4.78 is 1.02. The summed E-state index contributed by atoms with van der Waals surface area (Å²) in [5, 5.41) is 19.0. The summed E-state index contributed by atoms with van der Waals surface area (Å²) in [6.45, 7) is 1.90. The first-order valence-electron chi connectivity index (χ1n) is 9.76. The fourth-order valence-corrected chi connectivity index (χ4v) is 4.47. The number of carbonyl (C=O) groups is 1. The Hall–Kier alpha value is -2.71. The van der Waals surface area contributed by atoms with Crippen LogP contribution < -0.4 is 16.4 Å². The number of fused-ring (bicyclic) bond motifs is 1. The topological polar surface area (TPSA) is 113 Å². The van der Waals surface area contributed by atoms with Crippen LogP contribution in [0.25, 0.3) is 10.2 Å². The van der Waals surface area contributed by atoms with Crippen LogP contribution in [0.4, 0.5) is 17.5 Å². The van der Waals surface area contributed by atoms with Gasteiger partial charge in [0.2, 0.25) is 11.9 Å². The number of rotatable bonds is 6. The number of carbonyl (C=O) groups excluding carboxylic acids is 1. The Labute approximate surface area is 173 Å². The van der Waals surface area contributed by atoms with Gasteiger partial charge in [-0.05, 0) is 61.7 Å². The molecule has 1 saturated carbocycles. The van der Waals surface area contributed by atoms with Crippen molar-refractivity contribution in [3.63, 3.8) is 0 Å². The molecule has 1 aliphatic rings. The number of nitrogens with two attached hydrogens (primary N) is 1. The van der Waals surface area contributed by atoms with E-state index in [1.54, 1.807) is 11.3 Å². The lowest BCUT2D eigenvalue weighted by molar-refractivity contribution is -0.117. The van der Waals surface area contributed by atoms with Crippen LogP contribution in [0.3, 0.4) is 0 Å². The number of aliphatic hydroxyl groups is 1. The molecule has 1 fully saturated rings. The monoisotopic (exact) mass is 411 g/mol. The van der Waals surface area contributed by atoms with Crippen LogP contribution >= 0.6 is 11.3 Å². The zero-order valence-corrected chi connectivity index (χ0v) is 17.1. The number of aromatic nitrogens is 2. The molecule has 0 unspecified atom stereocenters. The smallest absolute Gasteiger partial charge is 0.229 e. The van der Waals surface area contributed by atoms with Gasteiger partial charge in [-0.25, -0.2) is 4.98 Å². The van der Waals surface area contributed by atoms with Crippen LogP contribution in [0.5, 0.6) is 0 Å². The standard InChI is InChI=1S/C21H25N5O2S/c1-21(28)8-5-14(6-9-21)23-19-18-16(7-10-29-18)25-20(26-19)24-15-4-2-3-13(11-15)12-17(22)27/h2-4,7,10-11,14,28H,5-6,8-9,12H2,1H3,(H2,22,27)(H2,23,24,25,26)/t14-,21-. The molecule has 0 saturated heterocycles. The molecule has 0 bridgehead atoms. The Kier molecular flexibility index (Phi) is 5.38. The number of benzene rings is 1. The zero-order chi connectivity index (χ0) is 20.4. The molecule has 4 rings (SSSR count). The van der Waals surface area contributed by atoms with Gasteiger partial charge in [0.25, 0.3) is 0 Å². The van der Waals surface area contributed by atoms with Crippen LogP contribution in [0.2, 0.25) is 0 Å². The molecule has 1 aromatic carbocycles. The molecule has 0 spiro atoms. The average molecular weight is 412 g/mol. The van der Waals surface area contributed by atoms with Crippen LogP contribution in [0.1, 0.15) is 38.2 Å². The minimum absolute atomic E-state index is 0.193. The lowest BCUT2D eigenvalue weighted by atomic mass is 9.84. The maximum Gasteiger partial charge on any atom is 0.229 e. The van der Waals surface area contributed by atoms with Gasteiger partial charge >= 0.3 is 0 Å². The number of hydrogen-bond donors (Lipinski definition) is 4. The Balaban J connectivity index is 1.56. The highest BCUT2D eigenvalue weighted by Crippen LogP contribution is 2.33. The Morgan fingerprint density at radius 1 is 1.31 bits per heavy atom. The summed E-state index contributed by atoms with van der Waals surface area (Å²) in [5.74, 6) is 0.945. The minimum atomic E-state index is -0.565. The molecule has 7 nitrogen and oxygen atoms in total. The first kappa shape index (κ1) is 19.6. The predicted molar refractivity (Wildman–Crippen MR) is 117 cm³/mol. The van der Waals surface area contributed by atoms with Crippen LogP contribution in [-0.2, 0) is 11.2 Å². The Bertz CT molecular complexity index is 1020. The van der Waals surface area contributed by atoms with Crippen LogP contribution in [0, 0.1) is 0 Å². The molecular weight excluding hydrogens is 386 g/mol. The summed E-state index contributed by atoms with van der Waals surface area (Å²) in [4.78, 5) is 20.5. The largest absolute Gasteiger partial charge is 0.390 e. The van der Waals surface area contributed by atoms with Crippen LogP contribution in [-0.4, -0.2) is 32.6 Å². The molecule has 0 radical (unpaired) electrons. The van der Waals surface area contributed by atoms with Gasteiger partial charge in [-0.15, -0.1) is 11.3 Å². The summed E-state index contributed by atoms with van der Waals surface area (Å²) in [6, 6.07) is 9.78. The molecule has 29 heavy (non-hydrogen) atoms. The SMILES string of the molecule is C[C@]1(O)CC[C@H](Nc2nc(Nc3cccc(CC(N)=O)c3)nc3ccsc23)CC1. The van der Waals surface area contributed by atoms with Crippen molar-refractivity contribution < 1.29 is 9.90 Å². The third-order valence-electron chi connectivity index (χ3n) is 5.27. The van der Waals surface area contributed by atoms with E-state index in [1.807, 2.05) is 42.6 Å². The molecule has 152 valence electrons. The second-order valence-electron chi connectivity index (χ2n) is 7.91. The summed E-state index contributed by atoms with van der Waals surface area (Å²) in [7, 11) is 0. The highest BCUT2D eigenvalue weighted by atomic mass is 32.1. The highest BCUT2D eigenvalue weighted by molar-refractivity contribution is 7.17. The molecule has 5 N–H and O–H groups in total. The lowest BCUT2D eigenvalue weighted by Gasteiger charge is -2.33. The van der Waals surface area contributed by atoms with E-state index in [1.165, 1.54) is 0 Å². The minimum Gasteiger partial charge on any atom is -0.390 e. The highest BCUT2D eigenvalue weighted by Gasteiger charge is 2.29. The molecule has 3 aromatic rings. The van der Waals surface area contributed by atoms with Crippen molar-refractivity contribution in [2.45, 2.75) is 50.7 Å². The number of nitrogens with one attached hydrogen (secondary N) is 2. The van der Waals surface area contributed by atoms with Gasteiger partial charge in [0.05, 0.1) is 22.2 Å². The average Bonchev–Trinajstić information content (AvgIpc) is 3.12. The van der Waals surface area contributed by atoms with E-state index in [2.05, 4.69) is 15.6 Å². The number of anilines is 3. The van der Waals surface area contributed by atoms with Crippen LogP contribution in [0.15, 0.2) is 35.7 Å². The van der Waals surface area contributed by atoms with Crippen molar-refractivity contribution in [2.24, 2.45) is 5.73 Å². The van der Waals surface area contributed by atoms with Crippen molar-refractivity contribution in [1.82, 2.24) is 9.97 Å². The fourth-order valence-electron chi connectivity index (χ4n) is 3.68. The third-order valence-corrected chi connectivity index (χ3v) is 6.18. The van der Waals surface area contributed by atoms with Crippen molar-refractivity contribution in [2.75, 3.05) is 10.6 Å². The van der Waals surface area contributed by atoms with Crippen molar-refractivity contribution in [3.8, 4) is 0 Å². The van der Waals surface area contributed by atoms with Gasteiger partial charge in [-0.2, -0.15) is 4.98 Å².